The van der Waals surface area contributed by atoms with Crippen LogP contribution in [0.3, 0.4) is 0 Å². The highest BCUT2D eigenvalue weighted by molar-refractivity contribution is 7.90. The molecule has 0 radical (unpaired) electrons. The van der Waals surface area contributed by atoms with Crippen molar-refractivity contribution in [3.8, 4) is 0 Å². The van der Waals surface area contributed by atoms with Crippen molar-refractivity contribution in [1.29, 1.82) is 0 Å². The number of sulfone groups is 1. The minimum atomic E-state index is -3.16. The van der Waals surface area contributed by atoms with Gasteiger partial charge in [-0.15, -0.1) is 0 Å². The van der Waals surface area contributed by atoms with Crippen molar-refractivity contribution < 1.29 is 13.2 Å². The Morgan fingerprint density at radius 2 is 1.88 bits per heavy atom. The lowest BCUT2D eigenvalue weighted by Gasteiger charge is -2.25. The lowest BCUT2D eigenvalue weighted by Crippen LogP contribution is -2.48. The number of hydrogen-bond donors (Lipinski definition) is 1. The molecule has 0 fully saturated rings. The number of nitrogens with zero attached hydrogens (tertiary/aromatic N) is 2. The second kappa shape index (κ2) is 4.79. The van der Waals surface area contributed by atoms with Gasteiger partial charge in [-0.1, -0.05) is 0 Å². The molecule has 0 spiro atoms. The van der Waals surface area contributed by atoms with Gasteiger partial charge in [-0.05, 0) is 13.8 Å². The molecule has 0 aliphatic carbocycles. The smallest absolute Gasteiger partial charge is 0.254 e. The third-order valence-electron chi connectivity index (χ3n) is 1.90. The lowest BCUT2D eigenvalue weighted by molar-refractivity contribution is 0.0920. The summed E-state index contributed by atoms with van der Waals surface area (Å²) in [7, 11) is -3.16. The van der Waals surface area contributed by atoms with Crippen LogP contribution in [0.25, 0.3) is 0 Å². The Balaban J connectivity index is 2.75. The van der Waals surface area contributed by atoms with Crippen molar-refractivity contribution in [3.63, 3.8) is 0 Å². The molecule has 1 N–H and O–H groups in total. The Morgan fingerprint density at radius 3 is 2.35 bits per heavy atom. The Bertz CT molecular complexity index is 497. The number of aromatic nitrogens is 2. The summed E-state index contributed by atoms with van der Waals surface area (Å²) in [6.07, 6.45) is 5.20. The van der Waals surface area contributed by atoms with Gasteiger partial charge in [0.25, 0.3) is 5.91 Å². The number of amides is 1. The van der Waals surface area contributed by atoms with E-state index >= 15 is 0 Å². The quantitative estimate of drug-likeness (QED) is 0.822. The Morgan fingerprint density at radius 1 is 1.35 bits per heavy atom. The fourth-order valence-electron chi connectivity index (χ4n) is 1.49. The Labute approximate surface area is 100 Å². The highest BCUT2D eigenvalue weighted by Gasteiger charge is 2.25. The summed E-state index contributed by atoms with van der Waals surface area (Å²) >= 11 is 0. The fraction of sp³-hybridized carbons (Fsp3) is 0.500. The Hall–Kier alpha value is -1.50. The van der Waals surface area contributed by atoms with Gasteiger partial charge in [-0.3, -0.25) is 4.79 Å². The first kappa shape index (κ1) is 13.6. The van der Waals surface area contributed by atoms with Gasteiger partial charge in [0.2, 0.25) is 0 Å². The predicted molar refractivity (Wildman–Crippen MR) is 63.3 cm³/mol. The molecule has 94 valence electrons. The largest absolute Gasteiger partial charge is 0.346 e. The highest BCUT2D eigenvalue weighted by atomic mass is 32.2. The average Bonchev–Trinajstić information content (AvgIpc) is 2.14. The van der Waals surface area contributed by atoms with E-state index in [0.29, 0.717) is 5.56 Å². The predicted octanol–water partition coefficient (Wildman–Crippen LogP) is 0.0296. The van der Waals surface area contributed by atoms with Crippen LogP contribution in [0.2, 0.25) is 0 Å². The first-order chi connectivity index (χ1) is 7.70. The monoisotopic (exact) mass is 257 g/mol. The van der Waals surface area contributed by atoms with Gasteiger partial charge < -0.3 is 5.32 Å². The molecule has 1 aromatic heterocycles. The molecule has 0 unspecified atom stereocenters. The van der Waals surface area contributed by atoms with E-state index in [4.69, 9.17) is 0 Å². The maximum absolute atomic E-state index is 11.8. The van der Waals surface area contributed by atoms with E-state index in [1.54, 1.807) is 13.8 Å². The molecule has 1 amide bonds. The lowest BCUT2D eigenvalue weighted by atomic mass is 10.1. The highest BCUT2D eigenvalue weighted by Crippen LogP contribution is 2.07. The van der Waals surface area contributed by atoms with Crippen LogP contribution in [-0.4, -0.2) is 41.8 Å². The number of rotatable bonds is 4. The molecule has 7 heteroatoms. The molecule has 17 heavy (non-hydrogen) atoms. The third-order valence-corrected chi connectivity index (χ3v) is 3.14. The maximum Gasteiger partial charge on any atom is 0.254 e. The minimum absolute atomic E-state index is 0.126. The molecule has 1 aromatic rings. The standard InChI is InChI=1S/C10H15N3O3S/c1-10(2,6-17(3,15)16)13-9(14)8-4-11-7-12-5-8/h4-5,7H,6H2,1-3H3,(H,13,14). The average molecular weight is 257 g/mol. The Kier molecular flexibility index (Phi) is 3.82. The van der Waals surface area contributed by atoms with E-state index in [1.165, 1.54) is 18.7 Å². The van der Waals surface area contributed by atoms with Crippen molar-refractivity contribution in [1.82, 2.24) is 15.3 Å². The summed E-state index contributed by atoms with van der Waals surface area (Å²) in [4.78, 5) is 19.2. The summed E-state index contributed by atoms with van der Waals surface area (Å²) in [6.45, 7) is 3.30. The fourth-order valence-corrected chi connectivity index (χ4v) is 2.87. The van der Waals surface area contributed by atoms with Gasteiger partial charge in [-0.2, -0.15) is 0 Å². The number of hydrogen-bond acceptors (Lipinski definition) is 5. The van der Waals surface area contributed by atoms with Gasteiger partial charge in [0.05, 0.1) is 11.3 Å². The summed E-state index contributed by atoms with van der Waals surface area (Å²) < 4.78 is 22.4. The van der Waals surface area contributed by atoms with Gasteiger partial charge in [-0.25, -0.2) is 18.4 Å². The van der Waals surface area contributed by atoms with E-state index < -0.39 is 15.4 Å². The van der Waals surface area contributed by atoms with Crippen LogP contribution >= 0.6 is 0 Å². The molecule has 1 heterocycles. The van der Waals surface area contributed by atoms with Crippen molar-refractivity contribution in [2.45, 2.75) is 19.4 Å². The van der Waals surface area contributed by atoms with E-state index in [1.807, 2.05) is 0 Å². The van der Waals surface area contributed by atoms with E-state index in [2.05, 4.69) is 15.3 Å². The molecule has 0 saturated carbocycles. The molecule has 0 atom stereocenters. The summed E-state index contributed by atoms with van der Waals surface area (Å²) in [5.74, 6) is -0.515. The second-order valence-electron chi connectivity index (χ2n) is 4.54. The molecule has 0 aliphatic rings. The van der Waals surface area contributed by atoms with Crippen LogP contribution in [0.4, 0.5) is 0 Å². The van der Waals surface area contributed by atoms with Crippen LogP contribution < -0.4 is 5.32 Å². The molecule has 0 bridgehead atoms. The SMILES string of the molecule is CC(C)(CS(C)(=O)=O)NC(=O)c1cncnc1. The van der Waals surface area contributed by atoms with E-state index in [-0.39, 0.29) is 11.7 Å². The van der Waals surface area contributed by atoms with E-state index in [9.17, 15) is 13.2 Å². The van der Waals surface area contributed by atoms with E-state index in [0.717, 1.165) is 6.26 Å². The van der Waals surface area contributed by atoms with Crippen LogP contribution in [0, 0.1) is 0 Å². The maximum atomic E-state index is 11.8. The zero-order valence-corrected chi connectivity index (χ0v) is 10.8. The first-order valence-corrected chi connectivity index (χ1v) is 7.01. The molecule has 0 aliphatic heterocycles. The van der Waals surface area contributed by atoms with Crippen LogP contribution in [0.1, 0.15) is 24.2 Å². The number of nitrogens with one attached hydrogen (secondary N) is 1. The van der Waals surface area contributed by atoms with Gasteiger partial charge in [0.15, 0.2) is 0 Å². The van der Waals surface area contributed by atoms with Crippen LogP contribution in [-0.2, 0) is 9.84 Å². The van der Waals surface area contributed by atoms with Crippen molar-refractivity contribution in [2.24, 2.45) is 0 Å². The normalized spacial score (nSPS) is 12.2. The van der Waals surface area contributed by atoms with Gasteiger partial charge >= 0.3 is 0 Å². The number of carbonyl (C=O) groups excluding carboxylic acids is 1. The molecule has 0 saturated heterocycles. The summed E-state index contributed by atoms with van der Waals surface area (Å²) in [5, 5.41) is 2.63. The zero-order valence-electron chi connectivity index (χ0n) is 9.97. The van der Waals surface area contributed by atoms with Crippen molar-refractivity contribution >= 4 is 15.7 Å². The number of carbonyl (C=O) groups is 1. The summed E-state index contributed by atoms with van der Waals surface area (Å²) in [6, 6.07) is 0. The van der Waals surface area contributed by atoms with Crippen LogP contribution in [0.15, 0.2) is 18.7 Å². The van der Waals surface area contributed by atoms with Gasteiger partial charge in [0.1, 0.15) is 16.2 Å². The summed E-state index contributed by atoms with van der Waals surface area (Å²) in [5.41, 5.74) is -0.533. The van der Waals surface area contributed by atoms with Crippen molar-refractivity contribution in [3.05, 3.63) is 24.3 Å². The van der Waals surface area contributed by atoms with Gasteiger partial charge in [0, 0.05) is 24.2 Å². The zero-order chi connectivity index (χ0) is 13.1. The van der Waals surface area contributed by atoms with Crippen LogP contribution in [0.5, 0.6) is 0 Å². The molecular formula is C10H15N3O3S. The first-order valence-electron chi connectivity index (χ1n) is 4.95. The molecular weight excluding hydrogens is 242 g/mol. The molecule has 0 aromatic carbocycles. The van der Waals surface area contributed by atoms with Crippen molar-refractivity contribution in [2.75, 3.05) is 12.0 Å². The molecule has 6 nitrogen and oxygen atoms in total. The topological polar surface area (TPSA) is 89.0 Å². The minimum Gasteiger partial charge on any atom is -0.346 e. The second-order valence-corrected chi connectivity index (χ2v) is 6.68. The third kappa shape index (κ3) is 4.90. The molecule has 1 rings (SSSR count).